The third kappa shape index (κ3) is 3.43. The highest BCUT2D eigenvalue weighted by Crippen LogP contribution is 2.47. The van der Waals surface area contributed by atoms with Crippen LogP contribution in [0.5, 0.6) is 0 Å². The van der Waals surface area contributed by atoms with Crippen LogP contribution in [0.15, 0.2) is 164 Å². The summed E-state index contributed by atoms with van der Waals surface area (Å²) in [7, 11) is 0. The van der Waals surface area contributed by atoms with Gasteiger partial charge in [-0.15, -0.1) is 0 Å². The Labute approximate surface area is 276 Å². The molecule has 0 aliphatic rings. The molecule has 1 heterocycles. The number of aromatic nitrogens is 1. The second-order valence-electron chi connectivity index (χ2n) is 13.0. The van der Waals surface area contributed by atoms with Gasteiger partial charge in [0, 0.05) is 11.8 Å². The van der Waals surface area contributed by atoms with Crippen LogP contribution >= 0.6 is 0 Å². The van der Waals surface area contributed by atoms with E-state index in [9.17, 15) is 0 Å². The standard InChI is InChI=1S/C47H27N/c1-3-15-37-33(13-1)42(34-14-2-4-16-38(34)47(37)41-20-5-6-25-48-41)32-26-31-24-23-30-11-8-18-36-35-17-7-10-28-21-22-29-12-9-19-39(45(29)43(28)35)40(27-32)46(31)44(30)36/h1-27H. The minimum atomic E-state index is 0.996. The second-order valence-corrected chi connectivity index (χ2v) is 13.0. The molecule has 11 rings (SSSR count). The zero-order valence-electron chi connectivity index (χ0n) is 26.0. The van der Waals surface area contributed by atoms with Crippen molar-refractivity contribution in [3.05, 3.63) is 164 Å². The average Bonchev–Trinajstić information content (AvgIpc) is 3.15. The smallest absolute Gasteiger partial charge is 0.0714 e. The molecule has 0 radical (unpaired) electrons. The van der Waals surface area contributed by atoms with Crippen molar-refractivity contribution in [1.82, 2.24) is 4.98 Å². The summed E-state index contributed by atoms with van der Waals surface area (Å²) in [5.41, 5.74) is 4.67. The van der Waals surface area contributed by atoms with E-state index in [4.69, 9.17) is 4.98 Å². The van der Waals surface area contributed by atoms with E-state index in [1.54, 1.807) is 0 Å². The highest BCUT2D eigenvalue weighted by atomic mass is 14.7. The van der Waals surface area contributed by atoms with Gasteiger partial charge < -0.3 is 0 Å². The molecule has 1 aromatic heterocycles. The fourth-order valence-electron chi connectivity index (χ4n) is 8.65. The van der Waals surface area contributed by atoms with Crippen LogP contribution in [0.2, 0.25) is 0 Å². The Morgan fingerprint density at radius 2 is 0.729 bits per heavy atom. The molecule has 0 N–H and O–H groups in total. The third-order valence-corrected chi connectivity index (χ3v) is 10.6. The summed E-state index contributed by atoms with van der Waals surface area (Å²) in [6.07, 6.45) is 1.89. The summed E-state index contributed by atoms with van der Waals surface area (Å²) < 4.78 is 0. The maximum Gasteiger partial charge on any atom is 0.0714 e. The molecule has 0 spiro atoms. The first-order valence-corrected chi connectivity index (χ1v) is 16.6. The highest BCUT2D eigenvalue weighted by molar-refractivity contribution is 6.37. The molecule has 0 bridgehead atoms. The number of hydrogen-bond donors (Lipinski definition) is 0. The molecule has 0 fully saturated rings. The number of nitrogens with zero attached hydrogens (tertiary/aromatic N) is 1. The van der Waals surface area contributed by atoms with E-state index in [0.29, 0.717) is 0 Å². The predicted molar refractivity (Wildman–Crippen MR) is 206 cm³/mol. The van der Waals surface area contributed by atoms with E-state index in [1.165, 1.54) is 103 Å². The summed E-state index contributed by atoms with van der Waals surface area (Å²) in [6.45, 7) is 0. The van der Waals surface area contributed by atoms with Gasteiger partial charge in [-0.25, -0.2) is 0 Å². The molecule has 0 unspecified atom stereocenters. The maximum atomic E-state index is 4.83. The molecule has 10 aromatic carbocycles. The first kappa shape index (κ1) is 25.8. The summed E-state index contributed by atoms with van der Waals surface area (Å²) in [6, 6.07) is 58.4. The monoisotopic (exact) mass is 605 g/mol. The van der Waals surface area contributed by atoms with Gasteiger partial charge in [-0.3, -0.25) is 4.98 Å². The highest BCUT2D eigenvalue weighted by Gasteiger charge is 2.20. The molecule has 0 aliphatic heterocycles. The number of hydrogen-bond acceptors (Lipinski definition) is 1. The topological polar surface area (TPSA) is 12.9 Å². The number of benzene rings is 9. The van der Waals surface area contributed by atoms with Gasteiger partial charge in [0.1, 0.15) is 0 Å². The Kier molecular flexibility index (Phi) is 5.17. The van der Waals surface area contributed by atoms with Gasteiger partial charge in [-0.2, -0.15) is 0 Å². The maximum absolute atomic E-state index is 4.83. The van der Waals surface area contributed by atoms with Crippen LogP contribution in [-0.4, -0.2) is 4.98 Å². The van der Waals surface area contributed by atoms with E-state index >= 15 is 0 Å². The van der Waals surface area contributed by atoms with Crippen molar-refractivity contribution in [3.63, 3.8) is 0 Å². The van der Waals surface area contributed by atoms with Crippen LogP contribution in [0.25, 0.3) is 109 Å². The molecular formula is C47H27N. The molecule has 11 aromatic rings. The van der Waals surface area contributed by atoms with Gasteiger partial charge >= 0.3 is 0 Å². The van der Waals surface area contributed by atoms with Gasteiger partial charge in [-0.1, -0.05) is 133 Å². The lowest BCUT2D eigenvalue weighted by atomic mass is 9.84. The van der Waals surface area contributed by atoms with Crippen LogP contribution < -0.4 is 0 Å². The van der Waals surface area contributed by atoms with Crippen molar-refractivity contribution in [3.8, 4) is 22.4 Å². The molecule has 1 heteroatoms. The second kappa shape index (κ2) is 9.61. The van der Waals surface area contributed by atoms with Crippen molar-refractivity contribution >= 4 is 86.2 Å². The van der Waals surface area contributed by atoms with Crippen molar-refractivity contribution in [1.29, 1.82) is 0 Å². The Morgan fingerprint density at radius 1 is 0.292 bits per heavy atom. The fourth-order valence-corrected chi connectivity index (χ4v) is 8.65. The molecule has 1 nitrogen and oxygen atoms in total. The lowest BCUT2D eigenvalue weighted by Crippen LogP contribution is -1.93. The summed E-state index contributed by atoms with van der Waals surface area (Å²) in [5, 5.41) is 20.5. The molecule has 0 aliphatic carbocycles. The lowest BCUT2D eigenvalue weighted by Gasteiger charge is -2.19. The Hall–Kier alpha value is -6.31. The zero-order valence-corrected chi connectivity index (χ0v) is 26.0. The Bertz CT molecular complexity index is 3040. The normalized spacial score (nSPS) is 12.2. The quantitative estimate of drug-likeness (QED) is 0.141. The summed E-state index contributed by atoms with van der Waals surface area (Å²) in [5.74, 6) is 0. The minimum absolute atomic E-state index is 0.996. The van der Waals surface area contributed by atoms with Crippen molar-refractivity contribution in [2.75, 3.05) is 0 Å². The van der Waals surface area contributed by atoms with Gasteiger partial charge in [0.2, 0.25) is 0 Å². The zero-order chi connectivity index (χ0) is 31.3. The lowest BCUT2D eigenvalue weighted by molar-refractivity contribution is 1.34. The van der Waals surface area contributed by atoms with Gasteiger partial charge in [0.25, 0.3) is 0 Å². The van der Waals surface area contributed by atoms with E-state index in [-0.39, 0.29) is 0 Å². The van der Waals surface area contributed by atoms with Crippen molar-refractivity contribution in [2.24, 2.45) is 0 Å². The first-order valence-electron chi connectivity index (χ1n) is 16.6. The molecule has 0 atom stereocenters. The molecule has 0 saturated heterocycles. The van der Waals surface area contributed by atoms with E-state index < -0.39 is 0 Å². The SMILES string of the molecule is c1ccc(-c2c3ccccc3c(-c3cc4ccc5cccc6c7cccc8ccc9cccc(c(c3)c4c56)c9c87)c3ccccc23)nc1. The molecule has 0 saturated carbocycles. The Balaban J connectivity index is 1.40. The molecular weight excluding hydrogens is 579 g/mol. The number of rotatable bonds is 2. The Morgan fingerprint density at radius 3 is 1.25 bits per heavy atom. The largest absolute Gasteiger partial charge is 0.256 e. The molecule has 220 valence electrons. The number of pyridine rings is 1. The first-order chi connectivity index (χ1) is 23.8. The summed E-state index contributed by atoms with van der Waals surface area (Å²) >= 11 is 0. The average molecular weight is 606 g/mol. The minimum Gasteiger partial charge on any atom is -0.256 e. The van der Waals surface area contributed by atoms with Crippen LogP contribution in [0, 0.1) is 0 Å². The summed E-state index contributed by atoms with van der Waals surface area (Å²) in [4.78, 5) is 4.83. The number of fused-ring (bicyclic) bond motifs is 4. The van der Waals surface area contributed by atoms with E-state index in [0.717, 1.165) is 5.69 Å². The molecule has 0 amide bonds. The third-order valence-electron chi connectivity index (χ3n) is 10.6. The van der Waals surface area contributed by atoms with Crippen molar-refractivity contribution in [2.45, 2.75) is 0 Å². The van der Waals surface area contributed by atoms with Crippen molar-refractivity contribution < 1.29 is 0 Å². The van der Waals surface area contributed by atoms with Gasteiger partial charge in [-0.05, 0) is 122 Å². The van der Waals surface area contributed by atoms with Crippen LogP contribution in [0.1, 0.15) is 0 Å². The molecule has 48 heavy (non-hydrogen) atoms. The van der Waals surface area contributed by atoms with Gasteiger partial charge in [0.05, 0.1) is 5.69 Å². The fraction of sp³-hybridized carbons (Fsp3) is 0. The van der Waals surface area contributed by atoms with Gasteiger partial charge in [0.15, 0.2) is 0 Å². The van der Waals surface area contributed by atoms with E-state index in [1.807, 2.05) is 12.3 Å². The predicted octanol–water partition coefficient (Wildman–Crippen LogP) is 13.1. The van der Waals surface area contributed by atoms with E-state index in [2.05, 4.69) is 152 Å². The van der Waals surface area contributed by atoms with Crippen LogP contribution in [0.3, 0.4) is 0 Å². The van der Waals surface area contributed by atoms with Crippen LogP contribution in [0.4, 0.5) is 0 Å². The van der Waals surface area contributed by atoms with Crippen LogP contribution in [-0.2, 0) is 0 Å².